The quantitative estimate of drug-likeness (QED) is 0.362. The number of benzene rings is 2. The van der Waals surface area contributed by atoms with E-state index in [1.807, 2.05) is 44.2 Å². The highest BCUT2D eigenvalue weighted by atomic mass is 16.5. The molecule has 0 unspecified atom stereocenters. The molecule has 0 atom stereocenters. The Hall–Kier alpha value is -2.79. The largest absolute Gasteiger partial charge is 0.494 e. The van der Waals surface area contributed by atoms with Gasteiger partial charge in [-0.1, -0.05) is 13.3 Å². The summed E-state index contributed by atoms with van der Waals surface area (Å²) in [6.07, 6.45) is 5.03. The monoisotopic (exact) mass is 448 g/mol. The first-order chi connectivity index (χ1) is 16.1. The van der Waals surface area contributed by atoms with Crippen LogP contribution in [0.3, 0.4) is 0 Å². The summed E-state index contributed by atoms with van der Waals surface area (Å²) >= 11 is 0. The van der Waals surface area contributed by atoms with E-state index in [2.05, 4.69) is 30.0 Å². The number of fused-ring (bicyclic) bond motifs is 1. The summed E-state index contributed by atoms with van der Waals surface area (Å²) in [5.41, 5.74) is 2.85. The average Bonchev–Trinajstić information content (AvgIpc) is 2.83. The molecule has 0 amide bonds. The molecule has 0 bridgehead atoms. The molecule has 2 heterocycles. The van der Waals surface area contributed by atoms with Crippen LogP contribution >= 0.6 is 0 Å². The lowest BCUT2D eigenvalue weighted by Gasteiger charge is -2.26. The third-order valence-corrected chi connectivity index (χ3v) is 5.85. The van der Waals surface area contributed by atoms with Crippen LogP contribution in [0.2, 0.25) is 0 Å². The smallest absolute Gasteiger partial charge is 0.131 e. The summed E-state index contributed by atoms with van der Waals surface area (Å²) < 4.78 is 18.0. The lowest BCUT2D eigenvalue weighted by Crippen LogP contribution is -2.33. The second-order valence-corrected chi connectivity index (χ2v) is 8.97. The molecule has 1 aromatic heterocycles. The molecular weight excluding hydrogens is 412 g/mol. The predicted molar refractivity (Wildman–Crippen MR) is 135 cm³/mol. The van der Waals surface area contributed by atoms with Gasteiger partial charge in [0.2, 0.25) is 0 Å². The molecule has 0 spiro atoms. The minimum absolute atomic E-state index is 0.117. The first-order valence-electron chi connectivity index (χ1n) is 12.3. The highest BCUT2D eigenvalue weighted by Crippen LogP contribution is 2.33. The fraction of sp³-hybridized carbons (Fsp3) is 0.464. The third kappa shape index (κ3) is 6.38. The molecule has 0 N–H and O–H groups in total. The molecule has 4 rings (SSSR count). The fourth-order valence-electron chi connectivity index (χ4n) is 4.20. The van der Waals surface area contributed by atoms with Crippen LogP contribution in [0.4, 0.5) is 0 Å². The van der Waals surface area contributed by atoms with E-state index in [0.717, 1.165) is 59.0 Å². The standard InChI is InChI=1S/C28H36N2O3/c1-4-17-31-23-10-8-22(9-11-23)27-20-28(32-18-16-30-14-6-5-7-15-30)25-19-24(33-21(2)3)12-13-26(25)29-27/h8-13,19-21H,4-7,14-18H2,1-3H3. The molecule has 1 saturated heterocycles. The molecular formula is C28H36N2O3. The van der Waals surface area contributed by atoms with Crippen LogP contribution in [0.5, 0.6) is 17.2 Å². The van der Waals surface area contributed by atoms with E-state index >= 15 is 0 Å². The molecule has 33 heavy (non-hydrogen) atoms. The maximum atomic E-state index is 6.36. The predicted octanol–water partition coefficient (Wildman–Crippen LogP) is 6.34. The van der Waals surface area contributed by atoms with Crippen LogP contribution in [-0.2, 0) is 0 Å². The lowest BCUT2D eigenvalue weighted by atomic mass is 10.1. The molecule has 5 heteroatoms. The van der Waals surface area contributed by atoms with E-state index < -0.39 is 0 Å². The van der Waals surface area contributed by atoms with Crippen molar-refractivity contribution in [2.75, 3.05) is 32.8 Å². The molecule has 0 aliphatic carbocycles. The Bertz CT molecular complexity index is 1030. The first kappa shape index (κ1) is 23.4. The van der Waals surface area contributed by atoms with E-state index in [-0.39, 0.29) is 6.10 Å². The van der Waals surface area contributed by atoms with Crippen LogP contribution in [0.1, 0.15) is 46.5 Å². The van der Waals surface area contributed by atoms with E-state index in [1.165, 1.54) is 32.4 Å². The lowest BCUT2D eigenvalue weighted by molar-refractivity contribution is 0.184. The zero-order valence-electron chi connectivity index (χ0n) is 20.2. The van der Waals surface area contributed by atoms with Crippen LogP contribution in [-0.4, -0.2) is 48.8 Å². The molecule has 1 fully saturated rings. The van der Waals surface area contributed by atoms with Gasteiger partial charge < -0.3 is 14.2 Å². The van der Waals surface area contributed by atoms with Crippen molar-refractivity contribution in [3.05, 3.63) is 48.5 Å². The maximum absolute atomic E-state index is 6.36. The number of piperidine rings is 1. The summed E-state index contributed by atoms with van der Waals surface area (Å²) in [4.78, 5) is 7.43. The number of hydrogen-bond acceptors (Lipinski definition) is 5. The van der Waals surface area contributed by atoms with Crippen molar-refractivity contribution < 1.29 is 14.2 Å². The Kier molecular flexibility index (Phi) is 8.05. The summed E-state index contributed by atoms with van der Waals surface area (Å²) in [7, 11) is 0. The fourth-order valence-corrected chi connectivity index (χ4v) is 4.20. The van der Waals surface area contributed by atoms with Crippen molar-refractivity contribution in [2.24, 2.45) is 0 Å². The Morgan fingerprint density at radius 2 is 1.64 bits per heavy atom. The highest BCUT2D eigenvalue weighted by molar-refractivity contribution is 5.89. The van der Waals surface area contributed by atoms with Gasteiger partial charge in [-0.2, -0.15) is 0 Å². The van der Waals surface area contributed by atoms with Crippen LogP contribution < -0.4 is 14.2 Å². The van der Waals surface area contributed by atoms with Gasteiger partial charge in [0.25, 0.3) is 0 Å². The summed E-state index contributed by atoms with van der Waals surface area (Å²) in [5.74, 6) is 2.58. The van der Waals surface area contributed by atoms with Gasteiger partial charge in [0.1, 0.15) is 23.9 Å². The Morgan fingerprint density at radius 1 is 0.879 bits per heavy atom. The number of ether oxygens (including phenoxy) is 3. The number of hydrogen-bond donors (Lipinski definition) is 0. The van der Waals surface area contributed by atoms with Gasteiger partial charge in [-0.25, -0.2) is 4.98 Å². The Labute approximate surface area is 197 Å². The second kappa shape index (κ2) is 11.4. The van der Waals surface area contributed by atoms with Gasteiger partial charge in [-0.05, 0) is 88.7 Å². The molecule has 2 aromatic carbocycles. The number of aromatic nitrogens is 1. The Balaban J connectivity index is 1.60. The van der Waals surface area contributed by atoms with Crippen molar-refractivity contribution in [3.63, 3.8) is 0 Å². The van der Waals surface area contributed by atoms with Crippen LogP contribution in [0.25, 0.3) is 22.2 Å². The topological polar surface area (TPSA) is 43.8 Å². The molecule has 1 aliphatic rings. The van der Waals surface area contributed by atoms with Crippen molar-refractivity contribution in [1.29, 1.82) is 0 Å². The van der Waals surface area contributed by atoms with E-state index in [1.54, 1.807) is 0 Å². The number of likely N-dealkylation sites (tertiary alicyclic amines) is 1. The maximum Gasteiger partial charge on any atom is 0.131 e. The van der Waals surface area contributed by atoms with Gasteiger partial charge >= 0.3 is 0 Å². The first-order valence-corrected chi connectivity index (χ1v) is 12.3. The normalized spacial score (nSPS) is 14.5. The zero-order chi connectivity index (χ0) is 23.0. The zero-order valence-corrected chi connectivity index (χ0v) is 20.2. The Morgan fingerprint density at radius 3 is 2.36 bits per heavy atom. The van der Waals surface area contributed by atoms with E-state index in [0.29, 0.717) is 6.61 Å². The van der Waals surface area contributed by atoms with E-state index in [9.17, 15) is 0 Å². The average molecular weight is 449 g/mol. The molecule has 176 valence electrons. The number of pyridine rings is 1. The van der Waals surface area contributed by atoms with E-state index in [4.69, 9.17) is 19.2 Å². The summed E-state index contributed by atoms with van der Waals surface area (Å²) in [6.45, 7) is 10.9. The van der Waals surface area contributed by atoms with Crippen molar-refractivity contribution in [2.45, 2.75) is 52.6 Å². The van der Waals surface area contributed by atoms with Crippen molar-refractivity contribution in [3.8, 4) is 28.5 Å². The molecule has 0 saturated carbocycles. The number of rotatable bonds is 10. The van der Waals surface area contributed by atoms with Gasteiger partial charge in [-0.15, -0.1) is 0 Å². The second-order valence-electron chi connectivity index (χ2n) is 8.97. The van der Waals surface area contributed by atoms with Gasteiger partial charge in [0.05, 0.1) is 23.9 Å². The highest BCUT2D eigenvalue weighted by Gasteiger charge is 2.13. The van der Waals surface area contributed by atoms with Gasteiger partial charge in [0, 0.05) is 23.6 Å². The molecule has 1 aliphatic heterocycles. The van der Waals surface area contributed by atoms with Crippen LogP contribution in [0.15, 0.2) is 48.5 Å². The number of nitrogens with zero attached hydrogens (tertiary/aromatic N) is 2. The van der Waals surface area contributed by atoms with Gasteiger partial charge in [-0.3, -0.25) is 4.90 Å². The minimum atomic E-state index is 0.117. The van der Waals surface area contributed by atoms with Crippen molar-refractivity contribution >= 4 is 10.9 Å². The van der Waals surface area contributed by atoms with Crippen molar-refractivity contribution in [1.82, 2.24) is 9.88 Å². The third-order valence-electron chi connectivity index (χ3n) is 5.85. The molecule has 0 radical (unpaired) electrons. The minimum Gasteiger partial charge on any atom is -0.494 e. The summed E-state index contributed by atoms with van der Waals surface area (Å²) in [6, 6.07) is 16.2. The molecule has 3 aromatic rings. The summed E-state index contributed by atoms with van der Waals surface area (Å²) in [5, 5.41) is 0.985. The molecule has 5 nitrogen and oxygen atoms in total. The SMILES string of the molecule is CCCOc1ccc(-c2cc(OCCN3CCCCC3)c3cc(OC(C)C)ccc3n2)cc1. The van der Waals surface area contributed by atoms with Gasteiger partial charge in [0.15, 0.2) is 0 Å². The van der Waals surface area contributed by atoms with Crippen LogP contribution in [0, 0.1) is 0 Å².